The van der Waals surface area contributed by atoms with E-state index in [0.29, 0.717) is 12.6 Å². The van der Waals surface area contributed by atoms with Crippen LogP contribution in [0.1, 0.15) is 12.8 Å². The molecule has 2 fully saturated rings. The molecule has 0 aromatic heterocycles. The summed E-state index contributed by atoms with van der Waals surface area (Å²) in [5.74, 6) is -1.52. The highest BCUT2D eigenvalue weighted by Crippen LogP contribution is 2.22. The van der Waals surface area contributed by atoms with Crippen LogP contribution in [0.3, 0.4) is 0 Å². The topological polar surface area (TPSA) is 78.9 Å². The van der Waals surface area contributed by atoms with Gasteiger partial charge in [0.25, 0.3) is 0 Å². The molecule has 0 aliphatic carbocycles. The Morgan fingerprint density at radius 2 is 2.28 bits per heavy atom. The van der Waals surface area contributed by atoms with Crippen LogP contribution in [0.2, 0.25) is 0 Å². The maximum atomic E-state index is 11.3. The fraction of sp³-hybridized carbons (Fsp3) is 0.667. The molecule has 0 bridgehead atoms. The number of carboxylic acids is 1. The number of morpholine rings is 1. The van der Waals surface area contributed by atoms with Crippen LogP contribution in [0.4, 0.5) is 0 Å². The Balaban J connectivity index is 1.71. The number of nitrogens with zero attached hydrogens (tertiary/aromatic N) is 1. The zero-order valence-electron chi connectivity index (χ0n) is 10.2. The number of carboxylic acid groups (broad SMARTS) is 1. The van der Waals surface area contributed by atoms with E-state index in [1.54, 1.807) is 0 Å². The molecule has 2 unspecified atom stereocenters. The maximum Gasteiger partial charge on any atom is 0.328 e. The lowest BCUT2D eigenvalue weighted by molar-refractivity contribution is -0.131. The Kier molecular flexibility index (Phi) is 4.33. The molecule has 0 aromatic carbocycles. The van der Waals surface area contributed by atoms with E-state index in [-0.39, 0.29) is 6.10 Å². The van der Waals surface area contributed by atoms with Crippen LogP contribution in [0.15, 0.2) is 12.2 Å². The van der Waals surface area contributed by atoms with Crippen LogP contribution in [0, 0.1) is 0 Å². The van der Waals surface area contributed by atoms with Gasteiger partial charge < -0.3 is 15.2 Å². The van der Waals surface area contributed by atoms with Gasteiger partial charge in [0.15, 0.2) is 0 Å². The summed E-state index contributed by atoms with van der Waals surface area (Å²) in [6.07, 6.45) is 4.26. The molecule has 0 saturated carbocycles. The van der Waals surface area contributed by atoms with E-state index in [0.717, 1.165) is 31.8 Å². The summed E-state index contributed by atoms with van der Waals surface area (Å²) in [6.45, 7) is 3.10. The van der Waals surface area contributed by atoms with Crippen molar-refractivity contribution >= 4 is 11.9 Å². The average Bonchev–Trinajstić information content (AvgIpc) is 2.81. The zero-order valence-corrected chi connectivity index (χ0v) is 10.2. The fourth-order valence-electron chi connectivity index (χ4n) is 2.43. The van der Waals surface area contributed by atoms with Crippen LogP contribution in [0.25, 0.3) is 0 Å². The third-order valence-corrected chi connectivity index (χ3v) is 3.34. The fourth-order valence-corrected chi connectivity index (χ4v) is 2.43. The highest BCUT2D eigenvalue weighted by Gasteiger charge is 2.31. The second-order valence-corrected chi connectivity index (χ2v) is 4.66. The smallest absolute Gasteiger partial charge is 0.328 e. The SMILES string of the molecule is O=C(O)C=CC(=O)NCC1CN2CCCC2CO1. The molecule has 2 saturated heterocycles. The summed E-state index contributed by atoms with van der Waals surface area (Å²) in [4.78, 5) is 23.9. The largest absolute Gasteiger partial charge is 0.478 e. The number of ether oxygens (including phenoxy) is 1. The third kappa shape index (κ3) is 3.54. The van der Waals surface area contributed by atoms with Crippen molar-refractivity contribution in [2.24, 2.45) is 0 Å². The minimum Gasteiger partial charge on any atom is -0.478 e. The van der Waals surface area contributed by atoms with Crippen molar-refractivity contribution in [2.75, 3.05) is 26.2 Å². The van der Waals surface area contributed by atoms with Crippen molar-refractivity contribution < 1.29 is 19.4 Å². The van der Waals surface area contributed by atoms with Gasteiger partial charge in [0, 0.05) is 31.3 Å². The molecular weight excluding hydrogens is 236 g/mol. The van der Waals surface area contributed by atoms with Gasteiger partial charge in [-0.05, 0) is 19.4 Å². The quantitative estimate of drug-likeness (QED) is 0.668. The molecular formula is C12H18N2O4. The van der Waals surface area contributed by atoms with Crippen LogP contribution in [0.5, 0.6) is 0 Å². The van der Waals surface area contributed by atoms with Gasteiger partial charge in [-0.3, -0.25) is 9.69 Å². The molecule has 6 nitrogen and oxygen atoms in total. The van der Waals surface area contributed by atoms with E-state index >= 15 is 0 Å². The Labute approximate surface area is 106 Å². The van der Waals surface area contributed by atoms with Gasteiger partial charge in [-0.15, -0.1) is 0 Å². The van der Waals surface area contributed by atoms with Gasteiger partial charge in [0.2, 0.25) is 5.91 Å². The molecule has 2 atom stereocenters. The van der Waals surface area contributed by atoms with E-state index in [1.165, 1.54) is 12.8 Å². The number of carbonyl (C=O) groups is 2. The maximum absolute atomic E-state index is 11.3. The number of carbonyl (C=O) groups excluding carboxylic acids is 1. The molecule has 0 radical (unpaired) electrons. The monoisotopic (exact) mass is 254 g/mol. The first kappa shape index (κ1) is 13.0. The molecule has 18 heavy (non-hydrogen) atoms. The lowest BCUT2D eigenvalue weighted by Crippen LogP contribution is -2.49. The normalized spacial score (nSPS) is 28.2. The minimum atomic E-state index is -1.13. The molecule has 1 amide bonds. The number of fused-ring (bicyclic) bond motifs is 1. The Morgan fingerprint density at radius 1 is 1.44 bits per heavy atom. The van der Waals surface area contributed by atoms with E-state index in [9.17, 15) is 9.59 Å². The van der Waals surface area contributed by atoms with Gasteiger partial charge in [-0.2, -0.15) is 0 Å². The van der Waals surface area contributed by atoms with Gasteiger partial charge in [0.05, 0.1) is 12.7 Å². The Hall–Kier alpha value is -1.40. The zero-order chi connectivity index (χ0) is 13.0. The molecule has 100 valence electrons. The number of hydrogen-bond donors (Lipinski definition) is 2. The number of hydrogen-bond acceptors (Lipinski definition) is 4. The summed E-state index contributed by atoms with van der Waals surface area (Å²) >= 11 is 0. The highest BCUT2D eigenvalue weighted by atomic mass is 16.5. The summed E-state index contributed by atoms with van der Waals surface area (Å²) in [7, 11) is 0. The lowest BCUT2D eigenvalue weighted by atomic mass is 10.2. The minimum absolute atomic E-state index is 0.00141. The summed E-state index contributed by atoms with van der Waals surface area (Å²) in [5, 5.41) is 11.0. The molecule has 2 aliphatic rings. The summed E-state index contributed by atoms with van der Waals surface area (Å²) in [6, 6.07) is 0.545. The van der Waals surface area contributed by atoms with Gasteiger partial charge in [-0.1, -0.05) is 0 Å². The number of rotatable bonds is 4. The highest BCUT2D eigenvalue weighted by molar-refractivity contribution is 5.93. The van der Waals surface area contributed by atoms with Crippen molar-refractivity contribution in [1.82, 2.24) is 10.2 Å². The number of aliphatic carboxylic acids is 1. The Morgan fingerprint density at radius 3 is 3.06 bits per heavy atom. The van der Waals surface area contributed by atoms with Crippen LogP contribution >= 0.6 is 0 Å². The van der Waals surface area contributed by atoms with Crippen LogP contribution < -0.4 is 5.32 Å². The van der Waals surface area contributed by atoms with Crippen molar-refractivity contribution in [2.45, 2.75) is 25.0 Å². The lowest BCUT2D eigenvalue weighted by Gasteiger charge is -2.35. The van der Waals surface area contributed by atoms with Crippen LogP contribution in [-0.4, -0.2) is 60.3 Å². The molecule has 6 heteroatoms. The molecule has 2 rings (SSSR count). The first-order valence-corrected chi connectivity index (χ1v) is 6.19. The molecule has 0 aromatic rings. The van der Waals surface area contributed by atoms with Crippen molar-refractivity contribution in [3.8, 4) is 0 Å². The predicted octanol–water partition coefficient (Wildman–Crippen LogP) is -0.393. The first-order valence-electron chi connectivity index (χ1n) is 6.19. The van der Waals surface area contributed by atoms with E-state index < -0.39 is 11.9 Å². The van der Waals surface area contributed by atoms with Gasteiger partial charge in [-0.25, -0.2) is 4.79 Å². The Bertz CT molecular complexity index is 356. The number of amides is 1. The number of nitrogens with one attached hydrogen (secondary N) is 1. The molecule has 2 aliphatic heterocycles. The summed E-state index contributed by atoms with van der Waals surface area (Å²) < 4.78 is 5.67. The predicted molar refractivity (Wildman–Crippen MR) is 64.1 cm³/mol. The van der Waals surface area contributed by atoms with Gasteiger partial charge in [0.1, 0.15) is 0 Å². The van der Waals surface area contributed by atoms with E-state index in [1.807, 2.05) is 0 Å². The van der Waals surface area contributed by atoms with Crippen molar-refractivity contribution in [3.05, 3.63) is 12.2 Å². The van der Waals surface area contributed by atoms with E-state index in [2.05, 4.69) is 10.2 Å². The molecule has 2 N–H and O–H groups in total. The second-order valence-electron chi connectivity index (χ2n) is 4.66. The first-order chi connectivity index (χ1) is 8.65. The van der Waals surface area contributed by atoms with Crippen molar-refractivity contribution in [1.29, 1.82) is 0 Å². The van der Waals surface area contributed by atoms with Crippen molar-refractivity contribution in [3.63, 3.8) is 0 Å². The molecule has 2 heterocycles. The molecule has 0 spiro atoms. The summed E-state index contributed by atoms with van der Waals surface area (Å²) in [5.41, 5.74) is 0. The second kappa shape index (κ2) is 5.97. The standard InChI is InChI=1S/C12H18N2O4/c15-11(3-4-12(16)17)13-6-10-7-14-5-1-2-9(14)8-18-10/h3-4,9-10H,1-2,5-8H2,(H,13,15)(H,16,17). The van der Waals surface area contributed by atoms with Crippen LogP contribution in [-0.2, 0) is 14.3 Å². The average molecular weight is 254 g/mol. The van der Waals surface area contributed by atoms with E-state index in [4.69, 9.17) is 9.84 Å². The van der Waals surface area contributed by atoms with Gasteiger partial charge >= 0.3 is 5.97 Å². The third-order valence-electron chi connectivity index (χ3n) is 3.34.